The summed E-state index contributed by atoms with van der Waals surface area (Å²) in [4.78, 5) is 37.8. The van der Waals surface area contributed by atoms with Gasteiger partial charge in [-0.25, -0.2) is 0 Å². The van der Waals surface area contributed by atoms with Crippen molar-refractivity contribution in [2.45, 2.75) is 194 Å². The van der Waals surface area contributed by atoms with Crippen molar-refractivity contribution in [3.8, 4) is 0 Å². The fourth-order valence-corrected chi connectivity index (χ4v) is 5.98. The van der Waals surface area contributed by atoms with Crippen molar-refractivity contribution in [3.63, 3.8) is 0 Å². The average molecular weight is 843 g/mol. The van der Waals surface area contributed by atoms with Crippen molar-refractivity contribution in [2.75, 3.05) is 13.2 Å². The molecule has 1 atom stereocenters. The van der Waals surface area contributed by atoms with Crippen LogP contribution in [0.5, 0.6) is 0 Å². The topological polar surface area (TPSA) is 78.9 Å². The molecular formula is C55H86O6. The summed E-state index contributed by atoms with van der Waals surface area (Å²) in [5.74, 6) is -1.02. The predicted octanol–water partition coefficient (Wildman–Crippen LogP) is 15.7. The molecule has 0 heterocycles. The molecule has 0 N–H and O–H groups in total. The Balaban J connectivity index is 4.48. The zero-order valence-electron chi connectivity index (χ0n) is 38.9. The number of allylic oxidation sites excluding steroid dienone is 20. The highest BCUT2D eigenvalue weighted by Gasteiger charge is 2.19. The Bertz CT molecular complexity index is 1340. The van der Waals surface area contributed by atoms with Gasteiger partial charge < -0.3 is 14.2 Å². The molecule has 6 heteroatoms. The summed E-state index contributed by atoms with van der Waals surface area (Å²) in [6.07, 6.45) is 66.2. The molecule has 0 aliphatic carbocycles. The van der Waals surface area contributed by atoms with Gasteiger partial charge in [-0.3, -0.25) is 14.4 Å². The molecule has 0 amide bonds. The van der Waals surface area contributed by atoms with E-state index in [1.54, 1.807) is 0 Å². The molecule has 0 saturated heterocycles. The summed E-state index contributed by atoms with van der Waals surface area (Å²) in [6.45, 7) is 6.24. The Morgan fingerprint density at radius 1 is 0.361 bits per heavy atom. The van der Waals surface area contributed by atoms with Crippen molar-refractivity contribution in [1.29, 1.82) is 0 Å². The SMILES string of the molecule is CC\C=C/C=C\C=C/C=C\C=C/CCCCCC(=O)OC(COC(=O)CCC/C=C\CCCCCC)COC(=O)CCCCCCCC/C=C\C/C=C\C/C=C\C/C=C\CC. The summed E-state index contributed by atoms with van der Waals surface area (Å²) < 4.78 is 16.6. The zero-order valence-corrected chi connectivity index (χ0v) is 38.9. The maximum absolute atomic E-state index is 12.7. The number of rotatable bonds is 41. The van der Waals surface area contributed by atoms with E-state index >= 15 is 0 Å². The van der Waals surface area contributed by atoms with Gasteiger partial charge in [0.05, 0.1) is 0 Å². The van der Waals surface area contributed by atoms with Gasteiger partial charge in [0.15, 0.2) is 6.10 Å². The monoisotopic (exact) mass is 843 g/mol. The molecule has 6 nitrogen and oxygen atoms in total. The largest absolute Gasteiger partial charge is 0.462 e. The highest BCUT2D eigenvalue weighted by molar-refractivity contribution is 5.71. The minimum atomic E-state index is -0.819. The van der Waals surface area contributed by atoms with E-state index in [0.29, 0.717) is 25.7 Å². The number of unbranched alkanes of at least 4 members (excludes halogenated alkanes) is 14. The second-order valence-electron chi connectivity index (χ2n) is 15.4. The summed E-state index contributed by atoms with van der Waals surface area (Å²) in [5.41, 5.74) is 0. The van der Waals surface area contributed by atoms with Crippen LogP contribution in [0.15, 0.2) is 122 Å². The van der Waals surface area contributed by atoms with Crippen LogP contribution in [-0.4, -0.2) is 37.2 Å². The van der Waals surface area contributed by atoms with Gasteiger partial charge in [-0.15, -0.1) is 0 Å². The molecule has 342 valence electrons. The minimum absolute atomic E-state index is 0.115. The Morgan fingerprint density at radius 2 is 0.738 bits per heavy atom. The highest BCUT2D eigenvalue weighted by Crippen LogP contribution is 2.12. The van der Waals surface area contributed by atoms with Crippen molar-refractivity contribution in [1.82, 2.24) is 0 Å². The lowest BCUT2D eigenvalue weighted by Crippen LogP contribution is -2.30. The molecule has 0 aromatic rings. The maximum Gasteiger partial charge on any atom is 0.306 e. The van der Waals surface area contributed by atoms with Crippen molar-refractivity contribution < 1.29 is 28.6 Å². The van der Waals surface area contributed by atoms with Crippen LogP contribution in [0.1, 0.15) is 188 Å². The first-order valence-corrected chi connectivity index (χ1v) is 24.1. The molecule has 61 heavy (non-hydrogen) atoms. The van der Waals surface area contributed by atoms with Gasteiger partial charge in [-0.05, 0) is 96.3 Å². The first kappa shape index (κ1) is 56.8. The van der Waals surface area contributed by atoms with E-state index in [-0.39, 0.29) is 37.5 Å². The standard InChI is InChI=1S/C55H86O6/c1-4-7-10-13-16-19-21-23-25-26-27-28-30-31-33-36-39-42-45-48-54(57)60-51-52(50-59-53(56)47-44-41-38-35-18-15-12-9-6-3)61-55(58)49-46-43-40-37-34-32-29-24-22-20-17-14-11-8-5-2/h7-8,10-11,14,16-17,19-20,22-25,27-29,32,34-35,38,52H,4-6,9,12-13,15,18,21,26,30-31,33,36-37,39-51H2,1-3H3/b10-7-,11-8-,17-14-,19-16-,22-20-,25-23-,28-27-,29-24-,34-32-,38-35-. The molecule has 0 aromatic carbocycles. The van der Waals surface area contributed by atoms with Gasteiger partial charge in [0.1, 0.15) is 13.2 Å². The van der Waals surface area contributed by atoms with E-state index in [1.807, 2.05) is 48.6 Å². The molecule has 0 fully saturated rings. The minimum Gasteiger partial charge on any atom is -0.462 e. The summed E-state index contributed by atoms with van der Waals surface area (Å²) in [5, 5.41) is 0. The van der Waals surface area contributed by atoms with Crippen LogP contribution in [0.25, 0.3) is 0 Å². The van der Waals surface area contributed by atoms with Gasteiger partial charge in [-0.1, -0.05) is 194 Å². The smallest absolute Gasteiger partial charge is 0.306 e. The Hall–Kier alpha value is -4.19. The van der Waals surface area contributed by atoms with E-state index in [2.05, 4.69) is 93.7 Å². The molecule has 0 bridgehead atoms. The van der Waals surface area contributed by atoms with Gasteiger partial charge in [0.25, 0.3) is 0 Å². The van der Waals surface area contributed by atoms with Crippen LogP contribution in [0.2, 0.25) is 0 Å². The number of hydrogen-bond donors (Lipinski definition) is 0. The summed E-state index contributed by atoms with van der Waals surface area (Å²) in [7, 11) is 0. The number of ether oxygens (including phenoxy) is 3. The third-order valence-electron chi connectivity index (χ3n) is 9.56. The van der Waals surface area contributed by atoms with E-state index in [9.17, 15) is 14.4 Å². The Labute approximate surface area is 373 Å². The lowest BCUT2D eigenvalue weighted by atomic mass is 10.1. The van der Waals surface area contributed by atoms with E-state index in [0.717, 1.165) is 96.3 Å². The average Bonchev–Trinajstić information content (AvgIpc) is 3.26. The quantitative estimate of drug-likeness (QED) is 0.0201. The molecule has 0 aliphatic heterocycles. The molecule has 0 saturated carbocycles. The Kier molecular flexibility index (Phi) is 45.1. The highest BCUT2D eigenvalue weighted by atomic mass is 16.6. The molecule has 0 spiro atoms. The van der Waals surface area contributed by atoms with E-state index < -0.39 is 6.10 Å². The van der Waals surface area contributed by atoms with Gasteiger partial charge in [-0.2, -0.15) is 0 Å². The van der Waals surface area contributed by atoms with Crippen LogP contribution in [0.3, 0.4) is 0 Å². The lowest BCUT2D eigenvalue weighted by molar-refractivity contribution is -0.167. The molecule has 0 rings (SSSR count). The summed E-state index contributed by atoms with van der Waals surface area (Å²) >= 11 is 0. The van der Waals surface area contributed by atoms with E-state index in [4.69, 9.17) is 14.2 Å². The van der Waals surface area contributed by atoms with Gasteiger partial charge in [0.2, 0.25) is 0 Å². The van der Waals surface area contributed by atoms with Crippen LogP contribution in [0.4, 0.5) is 0 Å². The normalized spacial score (nSPS) is 13.2. The number of carbonyl (C=O) groups excluding carboxylic acids is 3. The molecular weight excluding hydrogens is 757 g/mol. The number of esters is 3. The zero-order chi connectivity index (χ0) is 44.4. The molecule has 0 aliphatic rings. The molecule has 0 aromatic heterocycles. The fourth-order valence-electron chi connectivity index (χ4n) is 5.98. The second kappa shape index (κ2) is 48.5. The van der Waals surface area contributed by atoms with Gasteiger partial charge in [0, 0.05) is 19.3 Å². The third-order valence-corrected chi connectivity index (χ3v) is 9.56. The van der Waals surface area contributed by atoms with Crippen LogP contribution in [0, 0.1) is 0 Å². The predicted molar refractivity (Wildman–Crippen MR) is 260 cm³/mol. The fraction of sp³-hybridized carbons (Fsp3) is 0.582. The lowest BCUT2D eigenvalue weighted by Gasteiger charge is -2.18. The Morgan fingerprint density at radius 3 is 1.30 bits per heavy atom. The first-order chi connectivity index (χ1) is 30.0. The second-order valence-corrected chi connectivity index (χ2v) is 15.4. The molecule has 0 radical (unpaired) electrons. The maximum atomic E-state index is 12.7. The number of carbonyl (C=O) groups is 3. The van der Waals surface area contributed by atoms with Crippen molar-refractivity contribution in [3.05, 3.63) is 122 Å². The van der Waals surface area contributed by atoms with Crippen LogP contribution in [-0.2, 0) is 28.6 Å². The first-order valence-electron chi connectivity index (χ1n) is 24.1. The van der Waals surface area contributed by atoms with Crippen LogP contribution >= 0.6 is 0 Å². The van der Waals surface area contributed by atoms with E-state index in [1.165, 1.54) is 38.5 Å². The third kappa shape index (κ3) is 46.7. The van der Waals surface area contributed by atoms with Crippen molar-refractivity contribution >= 4 is 17.9 Å². The number of hydrogen-bond acceptors (Lipinski definition) is 6. The molecule has 1 unspecified atom stereocenters. The van der Waals surface area contributed by atoms with Crippen LogP contribution < -0.4 is 0 Å². The summed E-state index contributed by atoms with van der Waals surface area (Å²) in [6, 6.07) is 0. The van der Waals surface area contributed by atoms with Gasteiger partial charge >= 0.3 is 17.9 Å². The van der Waals surface area contributed by atoms with Crippen molar-refractivity contribution in [2.24, 2.45) is 0 Å².